The molecule has 0 amide bonds. The van der Waals surface area contributed by atoms with Crippen molar-refractivity contribution in [1.29, 1.82) is 0 Å². The van der Waals surface area contributed by atoms with Gasteiger partial charge in [-0.2, -0.15) is 0 Å². The predicted molar refractivity (Wildman–Crippen MR) is 189 cm³/mol. The molecular formula is C44H34. The van der Waals surface area contributed by atoms with Gasteiger partial charge in [-0.15, -0.1) is 0 Å². The zero-order chi connectivity index (χ0) is 29.9. The first-order valence-electron chi connectivity index (χ1n) is 15.2. The molecule has 0 fully saturated rings. The van der Waals surface area contributed by atoms with Crippen LogP contribution in [-0.4, -0.2) is 0 Å². The van der Waals surface area contributed by atoms with Gasteiger partial charge in [0.15, 0.2) is 0 Å². The van der Waals surface area contributed by atoms with Gasteiger partial charge in [0.2, 0.25) is 0 Å². The number of aryl methyl sites for hydroxylation is 2. The molecule has 0 atom stereocenters. The fraction of sp³-hybridized carbons (Fsp3) is 0.0455. The Hall–Kier alpha value is -5.46. The average Bonchev–Trinajstić information content (AvgIpc) is 3.09. The van der Waals surface area contributed by atoms with Gasteiger partial charge in [0.05, 0.1) is 0 Å². The predicted octanol–water partition coefficient (Wildman–Crippen LogP) is 12.3. The van der Waals surface area contributed by atoms with Crippen LogP contribution in [0.4, 0.5) is 0 Å². The SMILES string of the molecule is Cc1cccc(-c2cc(-c3ccccc3)cc(-c3cccc(-c4cc(-c5ccccc5)cc(-c5cccc(C)c5)c4)c3)c2)c1. The highest BCUT2D eigenvalue weighted by Crippen LogP contribution is 2.37. The molecule has 7 aromatic carbocycles. The van der Waals surface area contributed by atoms with Crippen LogP contribution in [0.2, 0.25) is 0 Å². The third-order valence-electron chi connectivity index (χ3n) is 8.31. The molecule has 0 bridgehead atoms. The third-order valence-corrected chi connectivity index (χ3v) is 8.31. The van der Waals surface area contributed by atoms with Gasteiger partial charge in [-0.05, 0) is 123 Å². The Morgan fingerprint density at radius 3 is 0.795 bits per heavy atom. The van der Waals surface area contributed by atoms with Gasteiger partial charge in [0, 0.05) is 0 Å². The van der Waals surface area contributed by atoms with Crippen LogP contribution in [0.3, 0.4) is 0 Å². The molecule has 44 heavy (non-hydrogen) atoms. The van der Waals surface area contributed by atoms with Gasteiger partial charge in [0.1, 0.15) is 0 Å². The van der Waals surface area contributed by atoms with E-state index in [1.165, 1.54) is 77.9 Å². The zero-order valence-electron chi connectivity index (χ0n) is 25.2. The highest BCUT2D eigenvalue weighted by Gasteiger charge is 2.11. The second kappa shape index (κ2) is 12.0. The largest absolute Gasteiger partial charge is 0.0622 e. The van der Waals surface area contributed by atoms with Crippen molar-refractivity contribution in [3.63, 3.8) is 0 Å². The molecule has 0 heteroatoms. The second-order valence-corrected chi connectivity index (χ2v) is 11.6. The smallest absolute Gasteiger partial charge is 0.0171 e. The molecule has 7 aromatic rings. The fourth-order valence-electron chi connectivity index (χ4n) is 6.04. The van der Waals surface area contributed by atoms with Crippen LogP contribution in [-0.2, 0) is 0 Å². The van der Waals surface area contributed by atoms with E-state index < -0.39 is 0 Å². The highest BCUT2D eigenvalue weighted by atomic mass is 14.2. The zero-order valence-corrected chi connectivity index (χ0v) is 25.2. The lowest BCUT2D eigenvalue weighted by Crippen LogP contribution is -1.89. The van der Waals surface area contributed by atoms with Crippen LogP contribution in [0.1, 0.15) is 11.1 Å². The van der Waals surface area contributed by atoms with Gasteiger partial charge in [-0.1, -0.05) is 139 Å². The Kier molecular flexibility index (Phi) is 7.49. The molecule has 0 radical (unpaired) electrons. The quantitative estimate of drug-likeness (QED) is 0.189. The molecule has 0 saturated carbocycles. The lowest BCUT2D eigenvalue weighted by atomic mass is 9.90. The van der Waals surface area contributed by atoms with Crippen LogP contribution in [0.25, 0.3) is 66.8 Å². The second-order valence-electron chi connectivity index (χ2n) is 11.6. The van der Waals surface area contributed by atoms with Crippen LogP contribution in [0.5, 0.6) is 0 Å². The van der Waals surface area contributed by atoms with Gasteiger partial charge in [-0.25, -0.2) is 0 Å². The molecule has 0 unspecified atom stereocenters. The summed E-state index contributed by atoms with van der Waals surface area (Å²) in [6.45, 7) is 4.31. The van der Waals surface area contributed by atoms with E-state index in [2.05, 4.69) is 184 Å². The van der Waals surface area contributed by atoms with E-state index >= 15 is 0 Å². The van der Waals surface area contributed by atoms with E-state index in [1.54, 1.807) is 0 Å². The number of hydrogen-bond donors (Lipinski definition) is 0. The summed E-state index contributed by atoms with van der Waals surface area (Å²) in [4.78, 5) is 0. The van der Waals surface area contributed by atoms with Crippen molar-refractivity contribution in [1.82, 2.24) is 0 Å². The van der Waals surface area contributed by atoms with Crippen molar-refractivity contribution in [2.75, 3.05) is 0 Å². The summed E-state index contributed by atoms with van der Waals surface area (Å²) < 4.78 is 0. The first-order valence-corrected chi connectivity index (χ1v) is 15.2. The summed E-state index contributed by atoms with van der Waals surface area (Å²) in [5, 5.41) is 0. The summed E-state index contributed by atoms with van der Waals surface area (Å²) in [5.41, 5.74) is 17.2. The first-order chi connectivity index (χ1) is 21.6. The Labute approximate surface area is 261 Å². The third kappa shape index (κ3) is 5.89. The Bertz CT molecular complexity index is 1920. The maximum absolute atomic E-state index is 2.34. The normalized spacial score (nSPS) is 11.0. The molecule has 0 saturated heterocycles. The fourth-order valence-corrected chi connectivity index (χ4v) is 6.04. The van der Waals surface area contributed by atoms with Crippen molar-refractivity contribution in [2.24, 2.45) is 0 Å². The summed E-state index contributed by atoms with van der Waals surface area (Å²) in [6, 6.07) is 61.9. The number of rotatable bonds is 6. The maximum atomic E-state index is 2.34. The van der Waals surface area contributed by atoms with Crippen LogP contribution >= 0.6 is 0 Å². The van der Waals surface area contributed by atoms with Crippen LogP contribution in [0, 0.1) is 13.8 Å². The number of benzene rings is 7. The topological polar surface area (TPSA) is 0 Å². The first kappa shape index (κ1) is 27.4. The van der Waals surface area contributed by atoms with E-state index in [4.69, 9.17) is 0 Å². The molecule has 0 aromatic heterocycles. The average molecular weight is 563 g/mol. The van der Waals surface area contributed by atoms with E-state index in [-0.39, 0.29) is 0 Å². The molecule has 0 aliphatic rings. The summed E-state index contributed by atoms with van der Waals surface area (Å²) >= 11 is 0. The van der Waals surface area contributed by atoms with Crippen molar-refractivity contribution in [3.05, 3.63) is 181 Å². The molecule has 210 valence electrons. The Balaban J connectivity index is 1.38. The van der Waals surface area contributed by atoms with E-state index in [0.717, 1.165) is 0 Å². The van der Waals surface area contributed by atoms with E-state index in [9.17, 15) is 0 Å². The van der Waals surface area contributed by atoms with Gasteiger partial charge < -0.3 is 0 Å². The Morgan fingerprint density at radius 1 is 0.205 bits per heavy atom. The molecule has 0 spiro atoms. The van der Waals surface area contributed by atoms with Crippen molar-refractivity contribution in [3.8, 4) is 66.8 Å². The number of hydrogen-bond acceptors (Lipinski definition) is 0. The lowest BCUT2D eigenvalue weighted by molar-refractivity contribution is 1.46. The van der Waals surface area contributed by atoms with Crippen molar-refractivity contribution < 1.29 is 0 Å². The molecule has 0 heterocycles. The lowest BCUT2D eigenvalue weighted by Gasteiger charge is -2.14. The highest BCUT2D eigenvalue weighted by molar-refractivity contribution is 5.85. The maximum Gasteiger partial charge on any atom is -0.0171 e. The van der Waals surface area contributed by atoms with Gasteiger partial charge in [-0.3, -0.25) is 0 Å². The van der Waals surface area contributed by atoms with Gasteiger partial charge in [0.25, 0.3) is 0 Å². The summed E-state index contributed by atoms with van der Waals surface area (Å²) in [7, 11) is 0. The summed E-state index contributed by atoms with van der Waals surface area (Å²) in [5.74, 6) is 0. The van der Waals surface area contributed by atoms with Crippen LogP contribution in [0.15, 0.2) is 170 Å². The molecule has 0 aliphatic heterocycles. The molecule has 7 rings (SSSR count). The van der Waals surface area contributed by atoms with E-state index in [0.29, 0.717) is 0 Å². The molecule has 0 nitrogen and oxygen atoms in total. The monoisotopic (exact) mass is 562 g/mol. The standard InChI is InChI=1S/C44H34/c1-31-12-9-18-35(22-31)41-25-39(33-14-5-3-6-15-33)27-43(29-41)37-20-11-21-38(24-37)44-28-40(34-16-7-4-8-17-34)26-42(30-44)36-19-10-13-32(2)23-36/h3-30H,1-2H3. The minimum atomic E-state index is 1.21. The minimum Gasteiger partial charge on any atom is -0.0622 e. The molecular weight excluding hydrogens is 528 g/mol. The van der Waals surface area contributed by atoms with Gasteiger partial charge >= 0.3 is 0 Å². The summed E-state index contributed by atoms with van der Waals surface area (Å²) in [6.07, 6.45) is 0. The van der Waals surface area contributed by atoms with Crippen molar-refractivity contribution >= 4 is 0 Å². The van der Waals surface area contributed by atoms with E-state index in [1.807, 2.05) is 0 Å². The Morgan fingerprint density at radius 2 is 0.455 bits per heavy atom. The van der Waals surface area contributed by atoms with Crippen molar-refractivity contribution in [2.45, 2.75) is 13.8 Å². The molecule has 0 N–H and O–H groups in total. The van der Waals surface area contributed by atoms with Crippen LogP contribution < -0.4 is 0 Å². The molecule has 0 aliphatic carbocycles. The minimum absolute atomic E-state index is 1.21.